The van der Waals surface area contributed by atoms with Gasteiger partial charge >= 0.3 is 0 Å². The summed E-state index contributed by atoms with van der Waals surface area (Å²) in [5, 5.41) is 2.88. The highest BCUT2D eigenvalue weighted by molar-refractivity contribution is 7.91. The molecule has 0 fully saturated rings. The quantitative estimate of drug-likeness (QED) is 0.473. The van der Waals surface area contributed by atoms with Crippen molar-refractivity contribution < 1.29 is 17.9 Å². The third-order valence-corrected chi connectivity index (χ3v) is 7.24. The number of nitrogens with zero attached hydrogens (tertiary/aromatic N) is 1. The van der Waals surface area contributed by atoms with E-state index in [0.29, 0.717) is 31.0 Å². The number of sulfone groups is 1. The summed E-state index contributed by atoms with van der Waals surface area (Å²) in [5.74, 6) is 0.358. The fourth-order valence-corrected chi connectivity index (χ4v) is 4.81. The zero-order valence-electron chi connectivity index (χ0n) is 18.5. The second kappa shape index (κ2) is 10.0. The fourth-order valence-electron chi connectivity index (χ4n) is 3.52. The Labute approximate surface area is 194 Å². The van der Waals surface area contributed by atoms with Crippen LogP contribution in [0, 0.1) is 0 Å². The molecule has 3 aromatic rings. The summed E-state index contributed by atoms with van der Waals surface area (Å²) in [6.45, 7) is 3.58. The van der Waals surface area contributed by atoms with Gasteiger partial charge in [0.15, 0.2) is 0 Å². The van der Waals surface area contributed by atoms with Crippen LogP contribution in [-0.4, -0.2) is 27.1 Å². The van der Waals surface area contributed by atoms with Crippen molar-refractivity contribution in [3.63, 3.8) is 0 Å². The van der Waals surface area contributed by atoms with Crippen LogP contribution < -0.4 is 10.1 Å². The number of benzene rings is 3. The minimum absolute atomic E-state index is 0.185. The fraction of sp³-hybridized carbons (Fsp3) is 0.231. The number of hydrogen-bond acceptors (Lipinski definition) is 5. The smallest absolute Gasteiger partial charge is 0.251 e. The van der Waals surface area contributed by atoms with Gasteiger partial charge in [0.25, 0.3) is 5.91 Å². The van der Waals surface area contributed by atoms with E-state index in [1.807, 2.05) is 12.1 Å². The van der Waals surface area contributed by atoms with E-state index >= 15 is 0 Å². The monoisotopic (exact) mass is 462 g/mol. The second-order valence-corrected chi connectivity index (χ2v) is 9.84. The van der Waals surface area contributed by atoms with E-state index < -0.39 is 9.84 Å². The Morgan fingerprint density at radius 1 is 1.03 bits per heavy atom. The van der Waals surface area contributed by atoms with Crippen molar-refractivity contribution in [2.45, 2.75) is 42.6 Å². The van der Waals surface area contributed by atoms with Gasteiger partial charge in [0.1, 0.15) is 5.75 Å². The maximum atomic E-state index is 13.0. The molecule has 33 heavy (non-hydrogen) atoms. The SMILES string of the molecule is CCCCOc1cccc(S(=O)(=O)c2ccc(CNC(=O)c3ccc4c(c3)C=NC4)cc2)c1. The molecule has 0 bridgehead atoms. The number of aliphatic imine (C=N–C) groups is 1. The first-order valence-electron chi connectivity index (χ1n) is 11.0. The highest BCUT2D eigenvalue weighted by atomic mass is 32.2. The van der Waals surface area contributed by atoms with Gasteiger partial charge in [-0.15, -0.1) is 0 Å². The van der Waals surface area contributed by atoms with E-state index in [0.717, 1.165) is 29.5 Å². The van der Waals surface area contributed by atoms with E-state index in [2.05, 4.69) is 17.2 Å². The van der Waals surface area contributed by atoms with Crippen molar-refractivity contribution in [1.82, 2.24) is 5.32 Å². The number of carbonyl (C=O) groups excluding carboxylic acids is 1. The normalized spacial score (nSPS) is 12.4. The highest BCUT2D eigenvalue weighted by Crippen LogP contribution is 2.25. The van der Waals surface area contributed by atoms with Crippen LogP contribution in [0.3, 0.4) is 0 Å². The lowest BCUT2D eigenvalue weighted by atomic mass is 10.1. The Morgan fingerprint density at radius 2 is 1.85 bits per heavy atom. The van der Waals surface area contributed by atoms with Crippen LogP contribution in [0.15, 0.2) is 81.5 Å². The molecule has 6 nitrogen and oxygen atoms in total. The zero-order valence-corrected chi connectivity index (χ0v) is 19.3. The minimum Gasteiger partial charge on any atom is -0.494 e. The standard InChI is InChI=1S/C26H26N2O4S/c1-2-3-13-32-23-5-4-6-25(15-23)33(30,31)24-11-7-19(8-12-24)16-28-26(29)20-9-10-21-17-27-18-22(21)14-20/h4-12,14-15,18H,2-3,13,16-17H2,1H3,(H,28,29). The summed E-state index contributed by atoms with van der Waals surface area (Å²) >= 11 is 0. The number of rotatable bonds is 9. The molecule has 0 aromatic heterocycles. The summed E-state index contributed by atoms with van der Waals surface area (Å²) in [4.78, 5) is 17.1. The van der Waals surface area contributed by atoms with Crippen LogP contribution in [0.25, 0.3) is 0 Å². The zero-order chi connectivity index (χ0) is 23.3. The van der Waals surface area contributed by atoms with Crippen LogP contribution in [0.4, 0.5) is 0 Å². The number of ether oxygens (including phenoxy) is 1. The number of nitrogens with one attached hydrogen (secondary N) is 1. The average Bonchev–Trinajstić information content (AvgIpc) is 3.31. The predicted molar refractivity (Wildman–Crippen MR) is 128 cm³/mol. The Hall–Kier alpha value is -3.45. The topological polar surface area (TPSA) is 84.8 Å². The molecule has 0 saturated heterocycles. The Morgan fingerprint density at radius 3 is 2.64 bits per heavy atom. The summed E-state index contributed by atoms with van der Waals surface area (Å²) in [5.41, 5.74) is 3.46. The first kappa shape index (κ1) is 22.7. The molecule has 7 heteroatoms. The lowest BCUT2D eigenvalue weighted by Gasteiger charge is -2.10. The van der Waals surface area contributed by atoms with Crippen LogP contribution in [0.5, 0.6) is 5.75 Å². The molecule has 4 rings (SSSR count). The lowest BCUT2D eigenvalue weighted by Crippen LogP contribution is -2.23. The molecule has 3 aromatic carbocycles. The van der Waals surface area contributed by atoms with Crippen molar-refractivity contribution in [2.75, 3.05) is 6.61 Å². The molecule has 0 aliphatic carbocycles. The molecular formula is C26H26N2O4S. The van der Waals surface area contributed by atoms with Crippen LogP contribution in [0.1, 0.15) is 46.8 Å². The first-order chi connectivity index (χ1) is 16.0. The molecule has 0 spiro atoms. The van der Waals surface area contributed by atoms with Crippen LogP contribution >= 0.6 is 0 Å². The molecule has 1 amide bonds. The van der Waals surface area contributed by atoms with Crippen LogP contribution in [-0.2, 0) is 22.9 Å². The van der Waals surface area contributed by atoms with Gasteiger partial charge in [-0.25, -0.2) is 8.42 Å². The second-order valence-electron chi connectivity index (χ2n) is 7.89. The van der Waals surface area contributed by atoms with E-state index in [1.165, 1.54) is 0 Å². The molecule has 1 aliphatic rings. The third-order valence-electron chi connectivity index (χ3n) is 5.47. The molecule has 170 valence electrons. The molecule has 0 unspecified atom stereocenters. The molecule has 1 heterocycles. The van der Waals surface area contributed by atoms with Crippen molar-refractivity contribution in [3.05, 3.63) is 89.0 Å². The Bertz CT molecular complexity index is 1280. The molecule has 0 radical (unpaired) electrons. The predicted octanol–water partition coefficient (Wildman–Crippen LogP) is 4.56. The van der Waals surface area contributed by atoms with Gasteiger partial charge in [-0.2, -0.15) is 0 Å². The van der Waals surface area contributed by atoms with Gasteiger partial charge in [0.2, 0.25) is 9.84 Å². The maximum absolute atomic E-state index is 13.0. The highest BCUT2D eigenvalue weighted by Gasteiger charge is 2.18. The molecular weight excluding hydrogens is 436 g/mol. The number of carbonyl (C=O) groups is 1. The van der Waals surface area contributed by atoms with Crippen molar-refractivity contribution in [1.29, 1.82) is 0 Å². The van der Waals surface area contributed by atoms with Crippen molar-refractivity contribution in [2.24, 2.45) is 4.99 Å². The maximum Gasteiger partial charge on any atom is 0.251 e. The summed E-state index contributed by atoms with van der Waals surface area (Å²) in [6, 6.07) is 18.7. The third kappa shape index (κ3) is 5.31. The average molecular weight is 463 g/mol. The van der Waals surface area contributed by atoms with Crippen molar-refractivity contribution in [3.8, 4) is 5.75 Å². The molecule has 0 saturated carbocycles. The molecule has 1 N–H and O–H groups in total. The minimum atomic E-state index is -3.67. The van der Waals surface area contributed by atoms with E-state index in [1.54, 1.807) is 60.8 Å². The molecule has 1 aliphatic heterocycles. The Balaban J connectivity index is 1.41. The lowest BCUT2D eigenvalue weighted by molar-refractivity contribution is 0.0951. The van der Waals surface area contributed by atoms with Gasteiger partial charge in [0, 0.05) is 18.3 Å². The van der Waals surface area contributed by atoms with Gasteiger partial charge in [0.05, 0.1) is 22.9 Å². The van der Waals surface area contributed by atoms with Gasteiger partial charge in [-0.3, -0.25) is 9.79 Å². The number of amides is 1. The number of fused-ring (bicyclic) bond motifs is 1. The van der Waals surface area contributed by atoms with Gasteiger partial charge in [-0.05, 0) is 65.6 Å². The number of hydrogen-bond donors (Lipinski definition) is 1. The summed E-state index contributed by atoms with van der Waals surface area (Å²) in [7, 11) is -3.67. The van der Waals surface area contributed by atoms with E-state index in [4.69, 9.17) is 4.74 Å². The summed E-state index contributed by atoms with van der Waals surface area (Å²) in [6.07, 6.45) is 3.70. The Kier molecular flexibility index (Phi) is 6.89. The largest absolute Gasteiger partial charge is 0.494 e. The number of unbranched alkanes of at least 4 members (excludes halogenated alkanes) is 1. The van der Waals surface area contributed by atoms with Gasteiger partial charge < -0.3 is 10.1 Å². The first-order valence-corrected chi connectivity index (χ1v) is 12.4. The van der Waals surface area contributed by atoms with Gasteiger partial charge in [-0.1, -0.05) is 37.6 Å². The van der Waals surface area contributed by atoms with E-state index in [-0.39, 0.29) is 15.7 Å². The summed E-state index contributed by atoms with van der Waals surface area (Å²) < 4.78 is 31.7. The van der Waals surface area contributed by atoms with Crippen LogP contribution in [0.2, 0.25) is 0 Å². The van der Waals surface area contributed by atoms with Crippen molar-refractivity contribution >= 4 is 22.0 Å². The van der Waals surface area contributed by atoms with E-state index in [9.17, 15) is 13.2 Å². The molecule has 0 atom stereocenters.